The Bertz CT molecular complexity index is 1170. The summed E-state index contributed by atoms with van der Waals surface area (Å²) in [6.45, 7) is 9.22. The van der Waals surface area contributed by atoms with Crippen molar-refractivity contribution in [1.29, 1.82) is 0 Å². The van der Waals surface area contributed by atoms with Gasteiger partial charge in [0.1, 0.15) is 0 Å². The van der Waals surface area contributed by atoms with Gasteiger partial charge in [0.05, 0.1) is 28.4 Å². The van der Waals surface area contributed by atoms with Crippen LogP contribution in [0.2, 0.25) is 0 Å². The minimum Gasteiger partial charge on any atom is -0.478 e. The maximum absolute atomic E-state index is 13.3. The summed E-state index contributed by atoms with van der Waals surface area (Å²) in [5.41, 5.74) is 3.13. The van der Waals surface area contributed by atoms with E-state index in [0.29, 0.717) is 44.0 Å². The zero-order valence-electron chi connectivity index (χ0n) is 19.2. The van der Waals surface area contributed by atoms with Gasteiger partial charge in [-0.15, -0.1) is 0 Å². The topological polar surface area (TPSA) is 116 Å². The Labute approximate surface area is 194 Å². The predicted octanol–water partition coefficient (Wildman–Crippen LogP) is 3.39. The zero-order valence-corrected chi connectivity index (χ0v) is 20.0. The van der Waals surface area contributed by atoms with Crippen molar-refractivity contribution in [3.63, 3.8) is 0 Å². The van der Waals surface area contributed by atoms with Crippen LogP contribution in [0.1, 0.15) is 34.0 Å². The summed E-state index contributed by atoms with van der Waals surface area (Å²) in [7, 11) is -3.97. The maximum Gasteiger partial charge on any atom is 0.409 e. The number of nitrogens with zero attached hydrogens (tertiary/aromatic N) is 2. The number of carbonyl (C=O) groups is 2. The molecule has 1 amide bonds. The van der Waals surface area contributed by atoms with Gasteiger partial charge >= 0.3 is 12.1 Å². The van der Waals surface area contributed by atoms with Crippen molar-refractivity contribution in [3.05, 3.63) is 52.6 Å². The fourth-order valence-electron chi connectivity index (χ4n) is 3.79. The van der Waals surface area contributed by atoms with Gasteiger partial charge in [0.25, 0.3) is 10.0 Å². The summed E-state index contributed by atoms with van der Waals surface area (Å²) in [5.74, 6) is -1.16. The SMILES string of the molecule is CCOC(=O)N1CCN(c2ccc(C(=O)O)cc2NS(=O)(=O)c2cc(C)c(C)cc2C)CC1. The highest BCUT2D eigenvalue weighted by molar-refractivity contribution is 7.92. The highest BCUT2D eigenvalue weighted by Crippen LogP contribution is 2.31. The second-order valence-corrected chi connectivity index (χ2v) is 9.67. The number of carboxylic acids is 1. The largest absolute Gasteiger partial charge is 0.478 e. The van der Waals surface area contributed by atoms with Crippen molar-refractivity contribution >= 4 is 33.5 Å². The van der Waals surface area contributed by atoms with Crippen LogP contribution in [0.25, 0.3) is 0 Å². The molecule has 9 nitrogen and oxygen atoms in total. The summed E-state index contributed by atoms with van der Waals surface area (Å²) in [6.07, 6.45) is -0.385. The normalized spacial score (nSPS) is 14.2. The van der Waals surface area contributed by atoms with Gasteiger partial charge in [0, 0.05) is 26.2 Å². The standard InChI is InChI=1S/C23H29N3O6S/c1-5-32-23(29)26-10-8-25(9-11-26)20-7-6-18(22(27)28)14-19(20)24-33(30,31)21-13-16(3)15(2)12-17(21)4/h6-7,12-14,24H,5,8-11H2,1-4H3,(H,27,28). The van der Waals surface area contributed by atoms with Gasteiger partial charge < -0.3 is 19.6 Å². The molecule has 1 aliphatic rings. The first-order valence-electron chi connectivity index (χ1n) is 10.7. The summed E-state index contributed by atoms with van der Waals surface area (Å²) in [4.78, 5) is 27.2. The van der Waals surface area contributed by atoms with E-state index in [1.807, 2.05) is 24.8 Å². The van der Waals surface area contributed by atoms with E-state index in [0.717, 1.165) is 11.1 Å². The lowest BCUT2D eigenvalue weighted by Gasteiger charge is -2.36. The molecule has 3 rings (SSSR count). The summed E-state index contributed by atoms with van der Waals surface area (Å²) >= 11 is 0. The third-order valence-corrected chi connectivity index (χ3v) is 7.22. The van der Waals surface area contributed by atoms with Crippen LogP contribution in [0.3, 0.4) is 0 Å². The zero-order chi connectivity index (χ0) is 24.3. The van der Waals surface area contributed by atoms with E-state index in [1.54, 1.807) is 30.9 Å². The fraction of sp³-hybridized carbons (Fsp3) is 0.391. The molecule has 2 N–H and O–H groups in total. The Morgan fingerprint density at radius 1 is 1.00 bits per heavy atom. The molecule has 0 radical (unpaired) electrons. The summed E-state index contributed by atoms with van der Waals surface area (Å²) in [5, 5.41) is 9.43. The number of rotatable bonds is 6. The Morgan fingerprint density at radius 2 is 1.64 bits per heavy atom. The second kappa shape index (κ2) is 9.70. The number of carboxylic acid groups (broad SMARTS) is 1. The quantitative estimate of drug-likeness (QED) is 0.658. The van der Waals surface area contributed by atoms with Crippen LogP contribution in [0.15, 0.2) is 35.2 Å². The predicted molar refractivity (Wildman–Crippen MR) is 126 cm³/mol. The number of benzene rings is 2. The van der Waals surface area contributed by atoms with E-state index in [9.17, 15) is 23.1 Å². The number of hydrogen-bond donors (Lipinski definition) is 2. The monoisotopic (exact) mass is 475 g/mol. The average Bonchev–Trinajstić information content (AvgIpc) is 2.76. The maximum atomic E-state index is 13.3. The molecular weight excluding hydrogens is 446 g/mol. The van der Waals surface area contributed by atoms with Crippen molar-refractivity contribution in [2.24, 2.45) is 0 Å². The number of nitrogens with one attached hydrogen (secondary N) is 1. The lowest BCUT2D eigenvalue weighted by atomic mass is 10.1. The number of aromatic carboxylic acids is 1. The molecule has 0 aromatic heterocycles. The van der Waals surface area contributed by atoms with Crippen molar-refractivity contribution in [2.75, 3.05) is 42.4 Å². The van der Waals surface area contributed by atoms with Crippen LogP contribution in [0, 0.1) is 20.8 Å². The van der Waals surface area contributed by atoms with Gasteiger partial charge in [-0.05, 0) is 68.7 Å². The third kappa shape index (κ3) is 5.39. The van der Waals surface area contributed by atoms with E-state index in [4.69, 9.17) is 4.74 Å². The van der Waals surface area contributed by atoms with Crippen molar-refractivity contribution < 1.29 is 27.9 Å². The Morgan fingerprint density at radius 3 is 2.24 bits per heavy atom. The number of ether oxygens (including phenoxy) is 1. The minimum absolute atomic E-state index is 0.0292. The van der Waals surface area contributed by atoms with Gasteiger partial charge in [-0.25, -0.2) is 18.0 Å². The number of piperazine rings is 1. The minimum atomic E-state index is -3.97. The molecule has 1 heterocycles. The molecule has 10 heteroatoms. The molecule has 0 atom stereocenters. The lowest BCUT2D eigenvalue weighted by Crippen LogP contribution is -2.49. The van der Waals surface area contributed by atoms with E-state index in [2.05, 4.69) is 4.72 Å². The van der Waals surface area contributed by atoms with Crippen LogP contribution in [-0.2, 0) is 14.8 Å². The van der Waals surface area contributed by atoms with E-state index < -0.39 is 16.0 Å². The van der Waals surface area contributed by atoms with Crippen LogP contribution < -0.4 is 9.62 Å². The Kier molecular flexibility index (Phi) is 7.16. The Balaban J connectivity index is 1.93. The van der Waals surface area contributed by atoms with Gasteiger partial charge in [-0.1, -0.05) is 6.07 Å². The molecular formula is C23H29N3O6S. The molecule has 178 valence electrons. The van der Waals surface area contributed by atoms with Gasteiger partial charge in [0.2, 0.25) is 0 Å². The lowest BCUT2D eigenvalue weighted by molar-refractivity contribution is 0.0696. The second-order valence-electron chi connectivity index (χ2n) is 8.02. The molecule has 1 aliphatic heterocycles. The van der Waals surface area contributed by atoms with Crippen molar-refractivity contribution in [3.8, 4) is 0 Å². The smallest absolute Gasteiger partial charge is 0.409 e. The van der Waals surface area contributed by atoms with E-state index in [1.165, 1.54) is 12.1 Å². The first kappa shape index (κ1) is 24.4. The number of aryl methyl sites for hydroxylation is 3. The number of sulfonamides is 1. The number of hydrogen-bond acceptors (Lipinski definition) is 6. The number of anilines is 2. The van der Waals surface area contributed by atoms with Gasteiger partial charge in [-0.3, -0.25) is 4.72 Å². The molecule has 2 aromatic carbocycles. The summed E-state index contributed by atoms with van der Waals surface area (Å²) < 4.78 is 34.2. The van der Waals surface area contributed by atoms with Crippen LogP contribution in [-0.4, -0.2) is 63.3 Å². The number of amides is 1. The Hall–Kier alpha value is -3.27. The molecule has 0 aliphatic carbocycles. The molecule has 0 unspecified atom stereocenters. The van der Waals surface area contributed by atoms with Gasteiger partial charge in [-0.2, -0.15) is 0 Å². The molecule has 0 bridgehead atoms. The van der Waals surface area contributed by atoms with E-state index >= 15 is 0 Å². The van der Waals surface area contributed by atoms with Crippen LogP contribution in [0.5, 0.6) is 0 Å². The molecule has 1 saturated heterocycles. The summed E-state index contributed by atoms with van der Waals surface area (Å²) in [6, 6.07) is 7.78. The molecule has 0 spiro atoms. The average molecular weight is 476 g/mol. The molecule has 2 aromatic rings. The van der Waals surface area contributed by atoms with Gasteiger partial charge in [0.15, 0.2) is 0 Å². The first-order chi connectivity index (χ1) is 15.5. The molecule has 33 heavy (non-hydrogen) atoms. The highest BCUT2D eigenvalue weighted by atomic mass is 32.2. The first-order valence-corrected chi connectivity index (χ1v) is 12.2. The fourth-order valence-corrected chi connectivity index (χ4v) is 5.17. The van der Waals surface area contributed by atoms with Crippen LogP contribution >= 0.6 is 0 Å². The van der Waals surface area contributed by atoms with Crippen LogP contribution in [0.4, 0.5) is 16.2 Å². The molecule has 1 fully saturated rings. The number of carbonyl (C=O) groups excluding carboxylic acids is 1. The highest BCUT2D eigenvalue weighted by Gasteiger charge is 2.26. The third-order valence-electron chi connectivity index (χ3n) is 5.71. The molecule has 0 saturated carbocycles. The van der Waals surface area contributed by atoms with Crippen molar-refractivity contribution in [2.45, 2.75) is 32.6 Å². The van der Waals surface area contributed by atoms with E-state index in [-0.39, 0.29) is 22.2 Å². The van der Waals surface area contributed by atoms with Crippen molar-refractivity contribution in [1.82, 2.24) is 4.90 Å².